The van der Waals surface area contributed by atoms with E-state index in [2.05, 4.69) is 61.3 Å². The summed E-state index contributed by atoms with van der Waals surface area (Å²) in [5, 5.41) is 0. The van der Waals surface area contributed by atoms with Crippen LogP contribution in [0, 0.1) is 0 Å². The largest absolute Gasteiger partial charge is 0.412 e. The molecule has 0 aromatic heterocycles. The minimum Gasteiger partial charge on any atom is -0.412 e. The third-order valence-corrected chi connectivity index (χ3v) is 1.47. The van der Waals surface area contributed by atoms with Crippen molar-refractivity contribution in [3.05, 3.63) is 35.9 Å². The van der Waals surface area contributed by atoms with Crippen molar-refractivity contribution in [2.24, 2.45) is 0 Å². The van der Waals surface area contributed by atoms with Gasteiger partial charge in [0.1, 0.15) is 0 Å². The Morgan fingerprint density at radius 2 is 1.50 bits per heavy atom. The van der Waals surface area contributed by atoms with Crippen LogP contribution < -0.4 is 0 Å². The molecule has 4 heteroatoms. The van der Waals surface area contributed by atoms with Gasteiger partial charge in [0.05, 0.1) is 0 Å². The maximum Gasteiger partial charge on any atom is 0.313 e. The summed E-state index contributed by atoms with van der Waals surface area (Å²) in [6.45, 7) is 4.41. The average molecular weight is 237 g/mol. The number of benzene rings is 1. The van der Waals surface area contributed by atoms with Crippen LogP contribution in [0.3, 0.4) is 0 Å². The summed E-state index contributed by atoms with van der Waals surface area (Å²) in [4.78, 5) is 8.98. The topological polar surface area (TPSA) is 48.6 Å². The standard InChI is InChI=1S/C9H12.CCl2O.H2O/c1-8(2)9-6-4-3-5-7-9;2-1(3)4;/h3-8H,1-2H3;;1H2. The molecule has 0 aliphatic rings. The quantitative estimate of drug-likeness (QED) is 0.688. The molecule has 0 unspecified atom stereocenters. The Labute approximate surface area is 94.1 Å². The highest BCUT2D eigenvalue weighted by atomic mass is 35.5. The van der Waals surface area contributed by atoms with Crippen LogP contribution in [0.2, 0.25) is 0 Å². The fraction of sp³-hybridized carbons (Fsp3) is 0.300. The molecule has 0 spiro atoms. The molecule has 2 N–H and O–H groups in total. The Kier molecular flexibility index (Phi) is 10.2. The zero-order valence-corrected chi connectivity index (χ0v) is 9.64. The first-order chi connectivity index (χ1) is 6.04. The van der Waals surface area contributed by atoms with E-state index in [9.17, 15) is 0 Å². The van der Waals surface area contributed by atoms with Crippen LogP contribution in [0.1, 0.15) is 25.3 Å². The SMILES string of the molecule is CC(C)c1ccccc1.O.O=C(Cl)Cl. The molecule has 0 fully saturated rings. The fourth-order valence-electron chi connectivity index (χ4n) is 0.838. The molecule has 0 aliphatic heterocycles. The van der Waals surface area contributed by atoms with Gasteiger partial charge in [-0.25, -0.2) is 0 Å². The van der Waals surface area contributed by atoms with E-state index in [0.717, 1.165) is 0 Å². The Bertz CT molecular complexity index is 244. The highest BCUT2D eigenvalue weighted by molar-refractivity contribution is 6.93. The number of halogens is 2. The molecular formula is C10H14Cl2O2. The van der Waals surface area contributed by atoms with Gasteiger partial charge in [-0.1, -0.05) is 44.2 Å². The van der Waals surface area contributed by atoms with Crippen molar-refractivity contribution in [2.45, 2.75) is 19.8 Å². The van der Waals surface area contributed by atoms with Gasteiger partial charge < -0.3 is 5.48 Å². The summed E-state index contributed by atoms with van der Waals surface area (Å²) in [6, 6.07) is 10.5. The summed E-state index contributed by atoms with van der Waals surface area (Å²) in [5.74, 6) is 0.659. The van der Waals surface area contributed by atoms with Gasteiger partial charge in [-0.3, -0.25) is 4.79 Å². The molecule has 0 heterocycles. The lowest BCUT2D eigenvalue weighted by Gasteiger charge is -2.01. The first-order valence-electron chi connectivity index (χ1n) is 3.94. The van der Waals surface area contributed by atoms with Crippen LogP contribution in [0.5, 0.6) is 0 Å². The average Bonchev–Trinajstić information content (AvgIpc) is 2.05. The van der Waals surface area contributed by atoms with Gasteiger partial charge in [-0.15, -0.1) is 0 Å². The predicted octanol–water partition coefficient (Wildman–Crippen LogP) is 3.57. The summed E-state index contributed by atoms with van der Waals surface area (Å²) in [5.41, 5.74) is 1.41. The minimum atomic E-state index is -0.889. The summed E-state index contributed by atoms with van der Waals surface area (Å²) < 4.78 is -0.889. The van der Waals surface area contributed by atoms with E-state index in [1.807, 2.05) is 6.07 Å². The molecule has 80 valence electrons. The molecule has 0 saturated carbocycles. The van der Waals surface area contributed by atoms with Crippen molar-refractivity contribution in [3.63, 3.8) is 0 Å². The molecule has 0 bridgehead atoms. The molecule has 14 heavy (non-hydrogen) atoms. The number of carbonyl (C=O) groups is 1. The van der Waals surface area contributed by atoms with Crippen LogP contribution in [0.25, 0.3) is 0 Å². The molecule has 2 nitrogen and oxygen atoms in total. The predicted molar refractivity (Wildman–Crippen MR) is 61.2 cm³/mol. The Hall–Kier alpha value is -0.570. The lowest BCUT2D eigenvalue weighted by Crippen LogP contribution is -1.83. The van der Waals surface area contributed by atoms with Crippen LogP contribution in [-0.2, 0) is 0 Å². The Balaban J connectivity index is 0. The number of rotatable bonds is 1. The lowest BCUT2D eigenvalue weighted by atomic mass is 10.0. The van der Waals surface area contributed by atoms with Crippen molar-refractivity contribution < 1.29 is 10.3 Å². The second kappa shape index (κ2) is 9.00. The highest BCUT2D eigenvalue weighted by Gasteiger charge is 1.93. The van der Waals surface area contributed by atoms with Crippen LogP contribution in [-0.4, -0.2) is 10.2 Å². The zero-order chi connectivity index (χ0) is 10.3. The van der Waals surface area contributed by atoms with Gasteiger partial charge in [-0.05, 0) is 34.7 Å². The zero-order valence-electron chi connectivity index (χ0n) is 8.13. The third kappa shape index (κ3) is 9.52. The maximum atomic E-state index is 8.98. The molecule has 0 radical (unpaired) electrons. The van der Waals surface area contributed by atoms with Gasteiger partial charge in [-0.2, -0.15) is 0 Å². The van der Waals surface area contributed by atoms with Gasteiger partial charge >= 0.3 is 4.70 Å². The van der Waals surface area contributed by atoms with Crippen LogP contribution in [0.15, 0.2) is 30.3 Å². The number of hydrogen-bond acceptors (Lipinski definition) is 1. The van der Waals surface area contributed by atoms with E-state index >= 15 is 0 Å². The van der Waals surface area contributed by atoms with E-state index in [4.69, 9.17) is 4.79 Å². The molecule has 0 saturated heterocycles. The monoisotopic (exact) mass is 236 g/mol. The minimum absolute atomic E-state index is 0. The molecule has 0 atom stereocenters. The van der Waals surface area contributed by atoms with Crippen LogP contribution in [0.4, 0.5) is 4.79 Å². The van der Waals surface area contributed by atoms with Crippen molar-refractivity contribution in [1.29, 1.82) is 0 Å². The maximum absolute atomic E-state index is 8.98. The molecule has 1 aromatic rings. The fourth-order valence-corrected chi connectivity index (χ4v) is 0.838. The van der Waals surface area contributed by atoms with E-state index in [1.165, 1.54) is 5.56 Å². The number of hydrogen-bond donors (Lipinski definition) is 0. The Morgan fingerprint density at radius 3 is 1.71 bits per heavy atom. The second-order valence-electron chi connectivity index (χ2n) is 2.79. The van der Waals surface area contributed by atoms with Gasteiger partial charge in [0, 0.05) is 0 Å². The van der Waals surface area contributed by atoms with Crippen LogP contribution >= 0.6 is 23.2 Å². The van der Waals surface area contributed by atoms with Crippen molar-refractivity contribution in [1.82, 2.24) is 0 Å². The van der Waals surface area contributed by atoms with Crippen molar-refractivity contribution in [2.75, 3.05) is 0 Å². The first kappa shape index (κ1) is 15.9. The third-order valence-electron chi connectivity index (χ3n) is 1.47. The summed E-state index contributed by atoms with van der Waals surface area (Å²) in [6.07, 6.45) is 0. The lowest BCUT2D eigenvalue weighted by molar-refractivity contribution is 0.275. The normalized spacial score (nSPS) is 8.36. The summed E-state index contributed by atoms with van der Waals surface area (Å²) >= 11 is 8.80. The number of carbonyl (C=O) groups excluding carboxylic acids is 1. The summed E-state index contributed by atoms with van der Waals surface area (Å²) in [7, 11) is 0. The van der Waals surface area contributed by atoms with E-state index in [-0.39, 0.29) is 5.48 Å². The van der Waals surface area contributed by atoms with Gasteiger partial charge in [0.2, 0.25) is 0 Å². The van der Waals surface area contributed by atoms with E-state index in [0.29, 0.717) is 5.92 Å². The second-order valence-corrected chi connectivity index (χ2v) is 3.67. The van der Waals surface area contributed by atoms with Crippen molar-refractivity contribution in [3.8, 4) is 0 Å². The highest BCUT2D eigenvalue weighted by Crippen LogP contribution is 2.11. The Morgan fingerprint density at radius 1 is 1.14 bits per heavy atom. The first-order valence-corrected chi connectivity index (χ1v) is 4.69. The molecular weight excluding hydrogens is 223 g/mol. The van der Waals surface area contributed by atoms with Gasteiger partial charge in [0.15, 0.2) is 0 Å². The van der Waals surface area contributed by atoms with E-state index in [1.54, 1.807) is 0 Å². The van der Waals surface area contributed by atoms with Crippen molar-refractivity contribution >= 4 is 27.9 Å². The molecule has 1 aromatic carbocycles. The molecule has 0 amide bonds. The smallest absolute Gasteiger partial charge is 0.313 e. The molecule has 0 aliphatic carbocycles. The van der Waals surface area contributed by atoms with E-state index < -0.39 is 4.70 Å². The van der Waals surface area contributed by atoms with Gasteiger partial charge in [0.25, 0.3) is 0 Å². The molecule has 1 rings (SSSR count).